The lowest BCUT2D eigenvalue weighted by molar-refractivity contribution is 0.0342. The summed E-state index contributed by atoms with van der Waals surface area (Å²) in [7, 11) is 3.40. The number of hydrogen-bond donors (Lipinski definition) is 1. The van der Waals surface area contributed by atoms with Gasteiger partial charge in [0.2, 0.25) is 5.95 Å². The molecule has 0 saturated heterocycles. The molecule has 1 aromatic heterocycles. The van der Waals surface area contributed by atoms with Crippen molar-refractivity contribution in [2.75, 3.05) is 32.7 Å². The van der Waals surface area contributed by atoms with Crippen LogP contribution in [-0.2, 0) is 16.0 Å². The van der Waals surface area contributed by atoms with E-state index in [9.17, 15) is 0 Å². The Morgan fingerprint density at radius 3 is 2.81 bits per heavy atom. The first kappa shape index (κ1) is 13.0. The van der Waals surface area contributed by atoms with Crippen molar-refractivity contribution in [1.82, 2.24) is 9.55 Å². The molecule has 0 bridgehead atoms. The van der Waals surface area contributed by atoms with Crippen molar-refractivity contribution < 1.29 is 9.47 Å². The highest BCUT2D eigenvalue weighted by Gasteiger charge is 2.16. The van der Waals surface area contributed by atoms with E-state index in [1.165, 1.54) is 0 Å². The zero-order chi connectivity index (χ0) is 12.0. The fraction of sp³-hybridized carbons (Fsp3) is 0.727. The molecule has 1 heterocycles. The molecule has 0 fully saturated rings. The SMILES string of the molecule is COCCn1ccnc1NCC(C)(C)OC. The van der Waals surface area contributed by atoms with Crippen molar-refractivity contribution in [2.45, 2.75) is 26.0 Å². The van der Waals surface area contributed by atoms with Crippen molar-refractivity contribution in [2.24, 2.45) is 0 Å². The minimum atomic E-state index is -0.196. The largest absolute Gasteiger partial charge is 0.383 e. The van der Waals surface area contributed by atoms with Gasteiger partial charge < -0.3 is 19.4 Å². The second-order valence-corrected chi connectivity index (χ2v) is 4.25. The molecule has 0 spiro atoms. The molecule has 1 aromatic rings. The molecule has 0 saturated carbocycles. The number of hydrogen-bond acceptors (Lipinski definition) is 4. The predicted molar refractivity (Wildman–Crippen MR) is 63.7 cm³/mol. The van der Waals surface area contributed by atoms with Crippen LogP contribution in [0.4, 0.5) is 5.95 Å². The summed E-state index contributed by atoms with van der Waals surface area (Å²) in [6.45, 7) is 6.25. The summed E-state index contributed by atoms with van der Waals surface area (Å²) in [5.41, 5.74) is -0.196. The minimum absolute atomic E-state index is 0.196. The first-order valence-corrected chi connectivity index (χ1v) is 5.38. The average Bonchev–Trinajstić information content (AvgIpc) is 2.71. The van der Waals surface area contributed by atoms with Crippen molar-refractivity contribution in [3.63, 3.8) is 0 Å². The Morgan fingerprint density at radius 2 is 2.19 bits per heavy atom. The summed E-state index contributed by atoms with van der Waals surface area (Å²) in [6.07, 6.45) is 3.71. The highest BCUT2D eigenvalue weighted by atomic mass is 16.5. The van der Waals surface area contributed by atoms with E-state index in [4.69, 9.17) is 9.47 Å². The summed E-state index contributed by atoms with van der Waals surface area (Å²) in [6, 6.07) is 0. The van der Waals surface area contributed by atoms with Gasteiger partial charge in [0.25, 0.3) is 0 Å². The summed E-state index contributed by atoms with van der Waals surface area (Å²) in [5, 5.41) is 3.26. The maximum Gasteiger partial charge on any atom is 0.202 e. The van der Waals surface area contributed by atoms with E-state index < -0.39 is 0 Å². The maximum atomic E-state index is 5.33. The number of rotatable bonds is 7. The number of imidazole rings is 1. The Hall–Kier alpha value is -1.07. The van der Waals surface area contributed by atoms with Crippen LogP contribution in [0.25, 0.3) is 0 Å². The molecule has 16 heavy (non-hydrogen) atoms. The normalized spacial score (nSPS) is 11.8. The Bertz CT molecular complexity index is 310. The van der Waals surface area contributed by atoms with Crippen molar-refractivity contribution in [3.8, 4) is 0 Å². The molecule has 0 aliphatic heterocycles. The van der Waals surface area contributed by atoms with Gasteiger partial charge in [0.15, 0.2) is 0 Å². The topological polar surface area (TPSA) is 48.3 Å². The third kappa shape index (κ3) is 3.83. The third-order valence-corrected chi connectivity index (χ3v) is 2.48. The van der Waals surface area contributed by atoms with Crippen molar-refractivity contribution in [1.29, 1.82) is 0 Å². The first-order chi connectivity index (χ1) is 7.59. The quantitative estimate of drug-likeness (QED) is 0.764. The van der Waals surface area contributed by atoms with Gasteiger partial charge in [0, 0.05) is 39.7 Å². The molecule has 0 amide bonds. The van der Waals surface area contributed by atoms with Gasteiger partial charge >= 0.3 is 0 Å². The van der Waals surface area contributed by atoms with Crippen LogP contribution in [0, 0.1) is 0 Å². The van der Waals surface area contributed by atoms with E-state index in [1.807, 2.05) is 24.6 Å². The van der Waals surface area contributed by atoms with Gasteiger partial charge in [0.1, 0.15) is 0 Å². The molecule has 0 aliphatic carbocycles. The van der Waals surface area contributed by atoms with Crippen LogP contribution in [-0.4, -0.2) is 42.5 Å². The van der Waals surface area contributed by atoms with Gasteiger partial charge in [-0.2, -0.15) is 0 Å². The van der Waals surface area contributed by atoms with E-state index in [2.05, 4.69) is 10.3 Å². The molecule has 0 aromatic carbocycles. The fourth-order valence-electron chi connectivity index (χ4n) is 1.21. The molecule has 92 valence electrons. The third-order valence-electron chi connectivity index (χ3n) is 2.48. The van der Waals surface area contributed by atoms with Gasteiger partial charge in [0.05, 0.1) is 12.2 Å². The Morgan fingerprint density at radius 1 is 1.44 bits per heavy atom. The maximum absolute atomic E-state index is 5.33. The smallest absolute Gasteiger partial charge is 0.202 e. The number of methoxy groups -OCH3 is 2. The Labute approximate surface area is 96.8 Å². The van der Waals surface area contributed by atoms with Gasteiger partial charge in [-0.1, -0.05) is 0 Å². The molecule has 5 nitrogen and oxygen atoms in total. The van der Waals surface area contributed by atoms with Gasteiger partial charge in [-0.3, -0.25) is 0 Å². The Kier molecular flexibility index (Phi) is 4.76. The summed E-state index contributed by atoms with van der Waals surface area (Å²) in [5.74, 6) is 0.849. The highest BCUT2D eigenvalue weighted by Crippen LogP contribution is 2.10. The zero-order valence-electron chi connectivity index (χ0n) is 10.5. The molecule has 0 unspecified atom stereocenters. The van der Waals surface area contributed by atoms with Gasteiger partial charge in [-0.15, -0.1) is 0 Å². The second-order valence-electron chi connectivity index (χ2n) is 4.25. The number of ether oxygens (including phenoxy) is 2. The van der Waals surface area contributed by atoms with E-state index in [1.54, 1.807) is 20.4 Å². The predicted octanol–water partition coefficient (Wildman–Crippen LogP) is 1.37. The number of nitrogens with one attached hydrogen (secondary N) is 1. The van der Waals surface area contributed by atoms with E-state index in [-0.39, 0.29) is 5.60 Å². The molecule has 5 heteroatoms. The molecule has 1 rings (SSSR count). The number of nitrogens with zero attached hydrogens (tertiary/aromatic N) is 2. The summed E-state index contributed by atoms with van der Waals surface area (Å²) < 4.78 is 12.4. The molecule has 1 N–H and O–H groups in total. The van der Waals surface area contributed by atoms with E-state index in [0.29, 0.717) is 13.2 Å². The molecular weight excluding hydrogens is 206 g/mol. The van der Waals surface area contributed by atoms with Crippen LogP contribution in [0.3, 0.4) is 0 Å². The van der Waals surface area contributed by atoms with Crippen molar-refractivity contribution in [3.05, 3.63) is 12.4 Å². The average molecular weight is 227 g/mol. The second kappa shape index (κ2) is 5.86. The summed E-state index contributed by atoms with van der Waals surface area (Å²) >= 11 is 0. The van der Waals surface area contributed by atoms with Crippen LogP contribution in [0.2, 0.25) is 0 Å². The van der Waals surface area contributed by atoms with Crippen LogP contribution in [0.5, 0.6) is 0 Å². The molecule has 0 atom stereocenters. The first-order valence-electron chi connectivity index (χ1n) is 5.38. The fourth-order valence-corrected chi connectivity index (χ4v) is 1.21. The standard InChI is InChI=1S/C11H21N3O2/c1-11(2,16-4)9-13-10-12-5-6-14(10)7-8-15-3/h5-6H,7-9H2,1-4H3,(H,12,13). The lowest BCUT2D eigenvalue weighted by atomic mass is 10.1. The van der Waals surface area contributed by atoms with Gasteiger partial charge in [-0.25, -0.2) is 4.98 Å². The van der Waals surface area contributed by atoms with Crippen LogP contribution < -0.4 is 5.32 Å². The summed E-state index contributed by atoms with van der Waals surface area (Å²) in [4.78, 5) is 4.25. The van der Waals surface area contributed by atoms with E-state index >= 15 is 0 Å². The minimum Gasteiger partial charge on any atom is -0.383 e. The molecule has 0 aliphatic rings. The highest BCUT2D eigenvalue weighted by molar-refractivity contribution is 5.26. The lowest BCUT2D eigenvalue weighted by Crippen LogP contribution is -2.32. The molecular formula is C11H21N3O2. The number of anilines is 1. The van der Waals surface area contributed by atoms with Crippen LogP contribution in [0.15, 0.2) is 12.4 Å². The Balaban J connectivity index is 2.50. The number of aromatic nitrogens is 2. The molecule has 0 radical (unpaired) electrons. The monoisotopic (exact) mass is 227 g/mol. The lowest BCUT2D eigenvalue weighted by Gasteiger charge is -2.23. The van der Waals surface area contributed by atoms with E-state index in [0.717, 1.165) is 12.5 Å². The zero-order valence-corrected chi connectivity index (χ0v) is 10.5. The van der Waals surface area contributed by atoms with Crippen LogP contribution >= 0.6 is 0 Å². The van der Waals surface area contributed by atoms with Crippen molar-refractivity contribution >= 4 is 5.95 Å². The van der Waals surface area contributed by atoms with Crippen LogP contribution in [0.1, 0.15) is 13.8 Å². The van der Waals surface area contributed by atoms with Gasteiger partial charge in [-0.05, 0) is 13.8 Å².